The van der Waals surface area contributed by atoms with Crippen LogP contribution >= 0.6 is 11.6 Å². The molecule has 0 spiro atoms. The van der Waals surface area contributed by atoms with E-state index in [1.807, 2.05) is 29.9 Å². The molecular weight excluding hydrogens is 162 g/mol. The molecule has 1 atom stereocenters. The summed E-state index contributed by atoms with van der Waals surface area (Å²) in [7, 11) is 1.89. The van der Waals surface area contributed by atoms with Crippen LogP contribution in [0.1, 0.15) is 12.6 Å². The lowest BCUT2D eigenvalue weighted by molar-refractivity contribution is 0.0746. The molecular formula is C8H12ClNO. The molecule has 0 saturated heterocycles. The van der Waals surface area contributed by atoms with Crippen LogP contribution in [0.5, 0.6) is 0 Å². The number of alkyl halides is 1. The fraction of sp³-hybridized carbons (Fsp3) is 0.500. The number of rotatable bonds is 2. The minimum Gasteiger partial charge on any atom is -0.383 e. The highest BCUT2D eigenvalue weighted by Crippen LogP contribution is 2.21. The molecule has 1 aromatic rings. The van der Waals surface area contributed by atoms with Crippen LogP contribution in [0.3, 0.4) is 0 Å². The van der Waals surface area contributed by atoms with E-state index >= 15 is 0 Å². The van der Waals surface area contributed by atoms with Gasteiger partial charge in [0.15, 0.2) is 0 Å². The van der Waals surface area contributed by atoms with Crippen molar-refractivity contribution in [3.05, 3.63) is 24.0 Å². The van der Waals surface area contributed by atoms with Crippen molar-refractivity contribution in [1.82, 2.24) is 4.57 Å². The van der Waals surface area contributed by atoms with E-state index in [4.69, 9.17) is 11.6 Å². The third kappa shape index (κ3) is 1.57. The van der Waals surface area contributed by atoms with Crippen molar-refractivity contribution in [3.8, 4) is 0 Å². The first-order valence-corrected chi connectivity index (χ1v) is 4.01. The summed E-state index contributed by atoms with van der Waals surface area (Å²) in [6.07, 6.45) is 1.89. The van der Waals surface area contributed by atoms with Gasteiger partial charge in [-0.3, -0.25) is 0 Å². The lowest BCUT2D eigenvalue weighted by atomic mass is 10.1. The number of nitrogens with zero attached hydrogens (tertiary/aromatic N) is 1. The summed E-state index contributed by atoms with van der Waals surface area (Å²) < 4.78 is 1.86. The molecule has 0 saturated carbocycles. The van der Waals surface area contributed by atoms with Crippen molar-refractivity contribution >= 4 is 11.6 Å². The van der Waals surface area contributed by atoms with Gasteiger partial charge >= 0.3 is 0 Å². The number of aliphatic hydroxyl groups is 1. The van der Waals surface area contributed by atoms with E-state index in [2.05, 4.69) is 0 Å². The maximum atomic E-state index is 9.71. The molecule has 62 valence electrons. The van der Waals surface area contributed by atoms with Crippen LogP contribution in [0.25, 0.3) is 0 Å². The van der Waals surface area contributed by atoms with Crippen LogP contribution in [0.15, 0.2) is 18.3 Å². The lowest BCUT2D eigenvalue weighted by Crippen LogP contribution is -2.25. The van der Waals surface area contributed by atoms with E-state index in [1.54, 1.807) is 6.92 Å². The second-order valence-corrected chi connectivity index (χ2v) is 3.18. The van der Waals surface area contributed by atoms with Gasteiger partial charge in [0, 0.05) is 13.2 Å². The van der Waals surface area contributed by atoms with Crippen molar-refractivity contribution in [2.45, 2.75) is 12.5 Å². The minimum atomic E-state index is -0.917. The summed E-state index contributed by atoms with van der Waals surface area (Å²) in [6.45, 7) is 1.70. The van der Waals surface area contributed by atoms with Gasteiger partial charge in [0.1, 0.15) is 5.60 Å². The molecule has 0 fully saturated rings. The van der Waals surface area contributed by atoms with Crippen LogP contribution in [-0.4, -0.2) is 15.6 Å². The summed E-state index contributed by atoms with van der Waals surface area (Å²) in [5, 5.41) is 9.71. The highest BCUT2D eigenvalue weighted by Gasteiger charge is 2.23. The lowest BCUT2D eigenvalue weighted by Gasteiger charge is -2.20. The smallest absolute Gasteiger partial charge is 0.115 e. The summed E-state index contributed by atoms with van der Waals surface area (Å²) in [4.78, 5) is 0. The minimum absolute atomic E-state index is 0.213. The van der Waals surface area contributed by atoms with Crippen LogP contribution in [0.4, 0.5) is 0 Å². The van der Waals surface area contributed by atoms with Crippen molar-refractivity contribution in [2.24, 2.45) is 7.05 Å². The Morgan fingerprint density at radius 2 is 2.36 bits per heavy atom. The highest BCUT2D eigenvalue weighted by atomic mass is 35.5. The first-order valence-electron chi connectivity index (χ1n) is 3.48. The van der Waals surface area contributed by atoms with E-state index in [0.717, 1.165) is 5.69 Å². The predicted octanol–water partition coefficient (Wildman–Crippen LogP) is 1.47. The summed E-state index contributed by atoms with van der Waals surface area (Å²) in [5.41, 5.74) is -0.0766. The molecule has 0 radical (unpaired) electrons. The van der Waals surface area contributed by atoms with Gasteiger partial charge in [-0.2, -0.15) is 0 Å². The molecule has 0 aliphatic heterocycles. The first-order chi connectivity index (χ1) is 5.08. The van der Waals surface area contributed by atoms with Gasteiger partial charge in [-0.1, -0.05) is 0 Å². The predicted molar refractivity (Wildman–Crippen MR) is 45.7 cm³/mol. The third-order valence-electron chi connectivity index (χ3n) is 1.76. The van der Waals surface area contributed by atoms with Crippen molar-refractivity contribution in [1.29, 1.82) is 0 Å². The molecule has 1 aromatic heterocycles. The largest absolute Gasteiger partial charge is 0.383 e. The first kappa shape index (κ1) is 8.62. The van der Waals surface area contributed by atoms with Crippen LogP contribution in [0.2, 0.25) is 0 Å². The molecule has 0 bridgehead atoms. The number of hydrogen-bond donors (Lipinski definition) is 1. The fourth-order valence-electron chi connectivity index (χ4n) is 1.09. The van der Waals surface area contributed by atoms with Gasteiger partial charge in [-0.15, -0.1) is 11.6 Å². The molecule has 1 heterocycles. The molecule has 0 amide bonds. The number of hydrogen-bond acceptors (Lipinski definition) is 1. The molecule has 11 heavy (non-hydrogen) atoms. The van der Waals surface area contributed by atoms with E-state index in [1.165, 1.54) is 0 Å². The average Bonchev–Trinajstić information content (AvgIpc) is 2.36. The zero-order chi connectivity index (χ0) is 8.48. The van der Waals surface area contributed by atoms with Gasteiger partial charge < -0.3 is 9.67 Å². The van der Waals surface area contributed by atoms with E-state index in [0.29, 0.717) is 0 Å². The molecule has 1 rings (SSSR count). The van der Waals surface area contributed by atoms with E-state index in [-0.39, 0.29) is 5.88 Å². The summed E-state index contributed by atoms with van der Waals surface area (Å²) in [6, 6.07) is 3.75. The Labute approximate surface area is 71.4 Å². The van der Waals surface area contributed by atoms with Gasteiger partial charge in [-0.25, -0.2) is 0 Å². The summed E-state index contributed by atoms with van der Waals surface area (Å²) in [5.74, 6) is 0.213. The second-order valence-electron chi connectivity index (χ2n) is 2.91. The van der Waals surface area contributed by atoms with Crippen molar-refractivity contribution < 1.29 is 5.11 Å². The van der Waals surface area contributed by atoms with Crippen molar-refractivity contribution in [2.75, 3.05) is 5.88 Å². The topological polar surface area (TPSA) is 25.2 Å². The maximum Gasteiger partial charge on any atom is 0.115 e. The second kappa shape index (κ2) is 2.88. The Morgan fingerprint density at radius 1 is 1.73 bits per heavy atom. The number of aryl methyl sites for hydroxylation is 1. The fourth-order valence-corrected chi connectivity index (χ4v) is 1.23. The zero-order valence-electron chi connectivity index (χ0n) is 6.71. The molecule has 0 aliphatic rings. The Hall–Kier alpha value is -0.470. The summed E-state index contributed by atoms with van der Waals surface area (Å²) >= 11 is 5.59. The molecule has 0 aliphatic carbocycles. The van der Waals surface area contributed by atoms with Gasteiger partial charge in [0.25, 0.3) is 0 Å². The molecule has 1 N–H and O–H groups in total. The van der Waals surface area contributed by atoms with E-state index in [9.17, 15) is 5.11 Å². The Morgan fingerprint density at radius 3 is 2.73 bits per heavy atom. The highest BCUT2D eigenvalue weighted by molar-refractivity contribution is 6.18. The Balaban J connectivity index is 3.00. The quantitative estimate of drug-likeness (QED) is 0.674. The normalized spacial score (nSPS) is 16.4. The number of halogens is 1. The third-order valence-corrected chi connectivity index (χ3v) is 2.28. The molecule has 2 nitrogen and oxygen atoms in total. The van der Waals surface area contributed by atoms with E-state index < -0.39 is 5.60 Å². The zero-order valence-corrected chi connectivity index (χ0v) is 7.47. The Bertz CT molecular complexity index is 242. The standard InChI is InChI=1S/C8H12ClNO/c1-8(11,6-9)7-4-3-5-10(7)2/h3-5,11H,6H2,1-2H3. The molecule has 1 unspecified atom stereocenters. The molecule has 0 aromatic carbocycles. The average molecular weight is 174 g/mol. The van der Waals surface area contributed by atoms with Crippen LogP contribution in [-0.2, 0) is 12.6 Å². The Kier molecular flexibility index (Phi) is 2.25. The van der Waals surface area contributed by atoms with Crippen LogP contribution < -0.4 is 0 Å². The molecule has 3 heteroatoms. The van der Waals surface area contributed by atoms with Gasteiger partial charge in [-0.05, 0) is 19.1 Å². The SMILES string of the molecule is Cn1cccc1C(C)(O)CCl. The monoisotopic (exact) mass is 173 g/mol. The maximum absolute atomic E-state index is 9.71. The van der Waals surface area contributed by atoms with Gasteiger partial charge in [0.05, 0.1) is 11.6 Å². The van der Waals surface area contributed by atoms with Crippen LogP contribution in [0, 0.1) is 0 Å². The number of aromatic nitrogens is 1. The van der Waals surface area contributed by atoms with Gasteiger partial charge in [0.2, 0.25) is 0 Å². The van der Waals surface area contributed by atoms with Crippen molar-refractivity contribution in [3.63, 3.8) is 0 Å².